The smallest absolute Gasteiger partial charge is 0.140 e. The number of anilines is 1. The van der Waals surface area contributed by atoms with E-state index < -0.39 is 6.10 Å². The van der Waals surface area contributed by atoms with E-state index in [1.54, 1.807) is 4.68 Å². The summed E-state index contributed by atoms with van der Waals surface area (Å²) in [6.07, 6.45) is 2.93. The fraction of sp³-hybridized carbons (Fsp3) is 0.636. The lowest BCUT2D eigenvalue weighted by atomic mass is 10.2. The van der Waals surface area contributed by atoms with Crippen molar-refractivity contribution in [3.8, 4) is 6.07 Å². The predicted octanol–water partition coefficient (Wildman–Crippen LogP) is 0.985. The number of aryl methyl sites for hydroxylation is 1. The van der Waals surface area contributed by atoms with Crippen LogP contribution in [0.15, 0.2) is 0 Å². The maximum atomic E-state index is 9.81. The molecule has 0 spiro atoms. The molecule has 1 aliphatic rings. The van der Waals surface area contributed by atoms with Crippen LogP contribution in [0, 0.1) is 11.3 Å². The van der Waals surface area contributed by atoms with E-state index in [-0.39, 0.29) is 6.04 Å². The van der Waals surface area contributed by atoms with Gasteiger partial charge in [0.05, 0.1) is 17.8 Å². The van der Waals surface area contributed by atoms with Gasteiger partial charge in [0, 0.05) is 0 Å². The van der Waals surface area contributed by atoms with Gasteiger partial charge in [-0.2, -0.15) is 10.4 Å². The van der Waals surface area contributed by atoms with Crippen molar-refractivity contribution in [1.82, 2.24) is 9.78 Å². The molecule has 1 heterocycles. The molecule has 0 aromatic carbocycles. The van der Waals surface area contributed by atoms with Gasteiger partial charge < -0.3 is 10.8 Å². The molecule has 0 saturated heterocycles. The molecule has 0 amide bonds. The minimum absolute atomic E-state index is 0.0626. The summed E-state index contributed by atoms with van der Waals surface area (Å²) < 4.78 is 1.63. The molecule has 5 heteroatoms. The SMILES string of the molecule is CCc1nn(C2CCCC2O)c(N)c1C#N. The van der Waals surface area contributed by atoms with E-state index in [0.717, 1.165) is 25.0 Å². The quantitative estimate of drug-likeness (QED) is 0.777. The van der Waals surface area contributed by atoms with Crippen molar-refractivity contribution in [2.24, 2.45) is 0 Å². The van der Waals surface area contributed by atoms with E-state index in [1.165, 1.54) is 0 Å². The van der Waals surface area contributed by atoms with Crippen molar-refractivity contribution >= 4 is 5.82 Å². The van der Waals surface area contributed by atoms with Gasteiger partial charge in [-0.15, -0.1) is 0 Å². The van der Waals surface area contributed by atoms with E-state index in [0.29, 0.717) is 17.8 Å². The van der Waals surface area contributed by atoms with Crippen LogP contribution in [-0.2, 0) is 6.42 Å². The summed E-state index contributed by atoms with van der Waals surface area (Å²) in [5, 5.41) is 23.2. The number of nitrogen functional groups attached to an aromatic ring is 1. The summed E-state index contributed by atoms with van der Waals surface area (Å²) in [6.45, 7) is 1.94. The molecule has 2 rings (SSSR count). The highest BCUT2D eigenvalue weighted by Gasteiger charge is 2.30. The molecule has 2 unspecified atom stereocenters. The molecule has 2 atom stereocenters. The summed E-state index contributed by atoms with van der Waals surface area (Å²) in [4.78, 5) is 0. The molecule has 86 valence electrons. The van der Waals surface area contributed by atoms with Crippen molar-refractivity contribution in [3.63, 3.8) is 0 Å². The minimum atomic E-state index is -0.390. The molecule has 1 aromatic heterocycles. The molecule has 5 nitrogen and oxygen atoms in total. The summed E-state index contributed by atoms with van der Waals surface area (Å²) in [7, 11) is 0. The van der Waals surface area contributed by atoms with Gasteiger partial charge in [0.1, 0.15) is 17.5 Å². The normalized spacial score (nSPS) is 24.6. The summed E-state index contributed by atoms with van der Waals surface area (Å²) in [5.41, 5.74) is 7.08. The molecule has 16 heavy (non-hydrogen) atoms. The molecule has 1 aliphatic carbocycles. The van der Waals surface area contributed by atoms with Gasteiger partial charge in [-0.25, -0.2) is 4.68 Å². The minimum Gasteiger partial charge on any atom is -0.391 e. The molecule has 1 fully saturated rings. The molecule has 0 aliphatic heterocycles. The van der Waals surface area contributed by atoms with Crippen LogP contribution in [0.3, 0.4) is 0 Å². The number of hydrogen-bond donors (Lipinski definition) is 2. The van der Waals surface area contributed by atoms with Crippen LogP contribution >= 0.6 is 0 Å². The largest absolute Gasteiger partial charge is 0.391 e. The van der Waals surface area contributed by atoms with Crippen LogP contribution in [0.4, 0.5) is 5.82 Å². The van der Waals surface area contributed by atoms with Gasteiger partial charge >= 0.3 is 0 Å². The number of rotatable bonds is 2. The molecule has 0 bridgehead atoms. The van der Waals surface area contributed by atoms with E-state index in [9.17, 15) is 5.11 Å². The first-order valence-corrected chi connectivity index (χ1v) is 5.64. The monoisotopic (exact) mass is 220 g/mol. The molecule has 1 saturated carbocycles. The van der Waals surface area contributed by atoms with Gasteiger partial charge in [0.25, 0.3) is 0 Å². The zero-order chi connectivity index (χ0) is 11.7. The second kappa shape index (κ2) is 4.14. The molecular formula is C11H16N4O. The molecule has 3 N–H and O–H groups in total. The number of nitriles is 1. The molecule has 0 radical (unpaired) electrons. The van der Waals surface area contributed by atoms with Crippen LogP contribution in [0.1, 0.15) is 43.5 Å². The highest BCUT2D eigenvalue weighted by Crippen LogP contribution is 2.33. The van der Waals surface area contributed by atoms with Crippen LogP contribution < -0.4 is 5.73 Å². The summed E-state index contributed by atoms with van der Waals surface area (Å²) in [6, 6.07) is 2.02. The Hall–Kier alpha value is -1.54. The van der Waals surface area contributed by atoms with Crippen LogP contribution in [0.5, 0.6) is 0 Å². The topological polar surface area (TPSA) is 87.9 Å². The standard InChI is InChI=1S/C11H16N4O/c1-2-8-7(6-12)11(13)15(14-8)9-4-3-5-10(9)16/h9-10,16H,2-5,13H2,1H3. The second-order valence-electron chi connectivity index (χ2n) is 4.18. The third-order valence-corrected chi connectivity index (χ3v) is 3.22. The van der Waals surface area contributed by atoms with E-state index in [1.807, 2.05) is 6.92 Å². The fourth-order valence-electron chi connectivity index (χ4n) is 2.32. The Kier molecular flexibility index (Phi) is 2.84. The van der Waals surface area contributed by atoms with Crippen molar-refractivity contribution < 1.29 is 5.11 Å². The van der Waals surface area contributed by atoms with E-state index in [2.05, 4.69) is 11.2 Å². The lowest BCUT2D eigenvalue weighted by Gasteiger charge is -2.16. The van der Waals surface area contributed by atoms with Crippen molar-refractivity contribution in [3.05, 3.63) is 11.3 Å². The highest BCUT2D eigenvalue weighted by molar-refractivity contribution is 5.52. The third kappa shape index (κ3) is 1.55. The maximum Gasteiger partial charge on any atom is 0.140 e. The lowest BCUT2D eigenvalue weighted by molar-refractivity contribution is 0.131. The Morgan fingerprint density at radius 2 is 2.38 bits per heavy atom. The second-order valence-corrected chi connectivity index (χ2v) is 4.18. The molecular weight excluding hydrogens is 204 g/mol. The fourth-order valence-corrected chi connectivity index (χ4v) is 2.32. The zero-order valence-corrected chi connectivity index (χ0v) is 9.35. The van der Waals surface area contributed by atoms with Crippen molar-refractivity contribution in [2.45, 2.75) is 44.8 Å². The summed E-state index contributed by atoms with van der Waals surface area (Å²) in [5.74, 6) is 0.394. The number of aromatic nitrogens is 2. The van der Waals surface area contributed by atoms with Crippen LogP contribution in [0.2, 0.25) is 0 Å². The van der Waals surface area contributed by atoms with Gasteiger partial charge in [0.2, 0.25) is 0 Å². The summed E-state index contributed by atoms with van der Waals surface area (Å²) >= 11 is 0. The number of hydrogen-bond acceptors (Lipinski definition) is 4. The predicted molar refractivity (Wildman–Crippen MR) is 59.6 cm³/mol. The van der Waals surface area contributed by atoms with Gasteiger partial charge in [-0.3, -0.25) is 0 Å². The molecule has 1 aromatic rings. The van der Waals surface area contributed by atoms with Gasteiger partial charge in [0.15, 0.2) is 0 Å². The number of aliphatic hydroxyl groups is 1. The van der Waals surface area contributed by atoms with Gasteiger partial charge in [-0.05, 0) is 25.7 Å². The highest BCUT2D eigenvalue weighted by atomic mass is 16.3. The van der Waals surface area contributed by atoms with Gasteiger partial charge in [-0.1, -0.05) is 6.92 Å². The maximum absolute atomic E-state index is 9.81. The Balaban J connectivity index is 2.42. The van der Waals surface area contributed by atoms with Crippen molar-refractivity contribution in [1.29, 1.82) is 5.26 Å². The average Bonchev–Trinajstić information content (AvgIpc) is 2.82. The first kappa shape index (κ1) is 11.0. The Bertz CT molecular complexity index is 432. The zero-order valence-electron chi connectivity index (χ0n) is 9.35. The van der Waals surface area contributed by atoms with Crippen LogP contribution in [-0.4, -0.2) is 21.0 Å². The lowest BCUT2D eigenvalue weighted by Crippen LogP contribution is -2.21. The van der Waals surface area contributed by atoms with Crippen LogP contribution in [0.25, 0.3) is 0 Å². The average molecular weight is 220 g/mol. The Morgan fingerprint density at radius 1 is 1.62 bits per heavy atom. The van der Waals surface area contributed by atoms with E-state index >= 15 is 0 Å². The number of nitrogens with two attached hydrogens (primary N) is 1. The number of nitrogens with zero attached hydrogens (tertiary/aromatic N) is 3. The first-order chi connectivity index (χ1) is 7.69. The first-order valence-electron chi connectivity index (χ1n) is 5.64. The Morgan fingerprint density at radius 3 is 2.81 bits per heavy atom. The van der Waals surface area contributed by atoms with Crippen molar-refractivity contribution in [2.75, 3.05) is 5.73 Å². The Labute approximate surface area is 94.5 Å². The number of aliphatic hydroxyl groups excluding tert-OH is 1. The third-order valence-electron chi connectivity index (χ3n) is 3.22. The van der Waals surface area contributed by atoms with E-state index in [4.69, 9.17) is 11.0 Å².